The number of hydrogen-bond acceptors (Lipinski definition) is 6. The number of rotatable bonds is 7. The van der Waals surface area contributed by atoms with Crippen molar-refractivity contribution in [2.75, 3.05) is 13.1 Å². The Morgan fingerprint density at radius 2 is 1.88 bits per heavy atom. The van der Waals surface area contributed by atoms with Crippen molar-refractivity contribution in [3.8, 4) is 0 Å². The number of carbonyl (C=O) groups is 1. The first kappa shape index (κ1) is 22.4. The van der Waals surface area contributed by atoms with E-state index in [0.717, 1.165) is 12.1 Å². The van der Waals surface area contributed by atoms with Gasteiger partial charge in [0.05, 0.1) is 9.95 Å². The molecule has 0 fully saturated rings. The molecule has 0 aromatic heterocycles. The zero-order valence-electron chi connectivity index (χ0n) is 14.3. The zero-order valence-corrected chi connectivity index (χ0v) is 16.7. The summed E-state index contributed by atoms with van der Waals surface area (Å²) >= 11 is 11.7. The Labute approximate surface area is 161 Å². The van der Waals surface area contributed by atoms with E-state index in [9.17, 15) is 23.3 Å². The minimum Gasteiger partial charge on any atom is -0.444 e. The molecule has 12 heteroatoms. The molecule has 26 heavy (non-hydrogen) atoms. The Bertz CT molecular complexity index is 793. The van der Waals surface area contributed by atoms with Gasteiger partial charge in [0.25, 0.3) is 5.69 Å². The third kappa shape index (κ3) is 6.60. The second kappa shape index (κ2) is 8.85. The molecular formula is C14H19Cl2N3O6S. The maximum Gasteiger partial charge on any atom is 0.407 e. The summed E-state index contributed by atoms with van der Waals surface area (Å²) in [5.74, 6) is 0. The molecule has 2 N–H and O–H groups in total. The highest BCUT2D eigenvalue weighted by Crippen LogP contribution is 2.36. The van der Waals surface area contributed by atoms with Crippen LogP contribution in [0.5, 0.6) is 0 Å². The second-order valence-electron chi connectivity index (χ2n) is 6.15. The van der Waals surface area contributed by atoms with Gasteiger partial charge in [-0.2, -0.15) is 0 Å². The highest BCUT2D eigenvalue weighted by atomic mass is 35.5. The van der Waals surface area contributed by atoms with Crippen LogP contribution in [0.3, 0.4) is 0 Å². The molecule has 0 unspecified atom stereocenters. The molecule has 0 saturated heterocycles. The number of halogens is 2. The van der Waals surface area contributed by atoms with Gasteiger partial charge in [-0.15, -0.1) is 0 Å². The van der Waals surface area contributed by atoms with Gasteiger partial charge in [-0.25, -0.2) is 17.9 Å². The van der Waals surface area contributed by atoms with Gasteiger partial charge in [0, 0.05) is 19.2 Å². The minimum atomic E-state index is -4.17. The Hall–Kier alpha value is -1.62. The number of nitro groups is 1. The van der Waals surface area contributed by atoms with Crippen LogP contribution in [-0.4, -0.2) is 38.1 Å². The molecule has 0 bridgehead atoms. The fraction of sp³-hybridized carbons (Fsp3) is 0.500. The molecule has 9 nitrogen and oxygen atoms in total. The number of carbonyl (C=O) groups excluding carboxylic acids is 1. The fourth-order valence-corrected chi connectivity index (χ4v) is 4.05. The summed E-state index contributed by atoms with van der Waals surface area (Å²) in [6.07, 6.45) is -0.368. The summed E-state index contributed by atoms with van der Waals surface area (Å²) in [4.78, 5) is 21.0. The molecule has 1 aromatic rings. The molecule has 0 saturated carbocycles. The Morgan fingerprint density at radius 1 is 1.27 bits per heavy atom. The molecule has 0 aliphatic rings. The highest BCUT2D eigenvalue weighted by molar-refractivity contribution is 7.89. The van der Waals surface area contributed by atoms with E-state index in [0.29, 0.717) is 0 Å². The molecule has 0 aliphatic heterocycles. The van der Waals surface area contributed by atoms with Crippen molar-refractivity contribution in [3.63, 3.8) is 0 Å². The lowest BCUT2D eigenvalue weighted by atomic mass is 10.2. The van der Waals surface area contributed by atoms with E-state index >= 15 is 0 Å². The monoisotopic (exact) mass is 427 g/mol. The third-order valence-electron chi connectivity index (χ3n) is 2.81. The molecule has 0 radical (unpaired) electrons. The first-order valence-electron chi connectivity index (χ1n) is 7.44. The number of alkyl carbamates (subject to hydrolysis) is 1. The fourth-order valence-electron chi connectivity index (χ4n) is 1.78. The van der Waals surface area contributed by atoms with Crippen LogP contribution in [0.4, 0.5) is 10.5 Å². The van der Waals surface area contributed by atoms with Crippen LogP contribution in [0.15, 0.2) is 17.0 Å². The molecule has 0 atom stereocenters. The van der Waals surface area contributed by atoms with Gasteiger partial charge in [0.2, 0.25) is 10.0 Å². The maximum atomic E-state index is 12.3. The van der Waals surface area contributed by atoms with Crippen molar-refractivity contribution >= 4 is 45.0 Å². The molecule has 1 rings (SSSR count). The number of nitrogens with one attached hydrogen (secondary N) is 2. The van der Waals surface area contributed by atoms with Crippen LogP contribution < -0.4 is 10.0 Å². The first-order chi connectivity index (χ1) is 11.8. The zero-order chi connectivity index (χ0) is 20.1. The van der Waals surface area contributed by atoms with E-state index in [4.69, 9.17) is 27.9 Å². The SMILES string of the molecule is CC(C)(C)OC(=O)NCCCNS(=O)(=O)c1c(Cl)ccc([N+](=O)[O-])c1Cl. The summed E-state index contributed by atoms with van der Waals surface area (Å²) in [5, 5.41) is 12.6. The Balaban J connectivity index is 2.67. The van der Waals surface area contributed by atoms with Crippen molar-refractivity contribution < 1.29 is 22.9 Å². The van der Waals surface area contributed by atoms with E-state index in [1.165, 1.54) is 0 Å². The van der Waals surface area contributed by atoms with Crippen LogP contribution in [0.25, 0.3) is 0 Å². The average Bonchev–Trinajstić information content (AvgIpc) is 2.44. The number of nitrogens with zero attached hydrogens (tertiary/aromatic N) is 1. The predicted molar refractivity (Wildman–Crippen MR) is 97.2 cm³/mol. The molecule has 1 amide bonds. The van der Waals surface area contributed by atoms with Crippen LogP contribution in [0, 0.1) is 10.1 Å². The number of sulfonamides is 1. The van der Waals surface area contributed by atoms with Crippen LogP contribution in [0.2, 0.25) is 10.0 Å². The summed E-state index contributed by atoms with van der Waals surface area (Å²) in [5.41, 5.74) is -1.20. The quantitative estimate of drug-likeness (QED) is 0.390. The van der Waals surface area contributed by atoms with Gasteiger partial charge in [0.15, 0.2) is 0 Å². The van der Waals surface area contributed by atoms with Gasteiger partial charge in [-0.3, -0.25) is 10.1 Å². The molecule has 0 spiro atoms. The number of nitro benzene ring substituents is 1. The number of benzene rings is 1. The van der Waals surface area contributed by atoms with Crippen LogP contribution in [0.1, 0.15) is 27.2 Å². The largest absolute Gasteiger partial charge is 0.444 e. The molecule has 0 aliphatic carbocycles. The van der Waals surface area contributed by atoms with Crippen LogP contribution >= 0.6 is 23.2 Å². The molecule has 1 aromatic carbocycles. The van der Waals surface area contributed by atoms with Gasteiger partial charge in [-0.1, -0.05) is 23.2 Å². The Morgan fingerprint density at radius 3 is 2.42 bits per heavy atom. The second-order valence-corrected chi connectivity index (χ2v) is 8.64. The van der Waals surface area contributed by atoms with E-state index in [-0.39, 0.29) is 24.5 Å². The number of amides is 1. The summed E-state index contributed by atoms with van der Waals surface area (Å²) in [6, 6.07) is 2.11. The number of hydrogen-bond donors (Lipinski definition) is 2. The first-order valence-corrected chi connectivity index (χ1v) is 9.68. The predicted octanol–water partition coefficient (Wildman–Crippen LogP) is 3.09. The van der Waals surface area contributed by atoms with E-state index < -0.39 is 42.2 Å². The van der Waals surface area contributed by atoms with Crippen LogP contribution in [-0.2, 0) is 14.8 Å². The van der Waals surface area contributed by atoms with Crippen molar-refractivity contribution in [2.45, 2.75) is 37.7 Å². The lowest BCUT2D eigenvalue weighted by Gasteiger charge is -2.19. The van der Waals surface area contributed by atoms with Gasteiger partial charge >= 0.3 is 6.09 Å². The van der Waals surface area contributed by atoms with E-state index in [2.05, 4.69) is 10.0 Å². The van der Waals surface area contributed by atoms with Gasteiger partial charge in [0.1, 0.15) is 15.5 Å². The van der Waals surface area contributed by atoms with Crippen molar-refractivity contribution in [1.82, 2.24) is 10.0 Å². The average molecular weight is 428 g/mol. The lowest BCUT2D eigenvalue weighted by molar-refractivity contribution is -0.384. The summed E-state index contributed by atoms with van der Waals surface area (Å²) in [7, 11) is -4.17. The van der Waals surface area contributed by atoms with Crippen molar-refractivity contribution in [3.05, 3.63) is 32.3 Å². The van der Waals surface area contributed by atoms with E-state index in [1.807, 2.05) is 0 Å². The topological polar surface area (TPSA) is 128 Å². The Kier molecular flexibility index (Phi) is 7.63. The molecule has 0 heterocycles. The normalized spacial score (nSPS) is 11.9. The lowest BCUT2D eigenvalue weighted by Crippen LogP contribution is -2.34. The third-order valence-corrected chi connectivity index (χ3v) is 5.28. The molecule has 146 valence electrons. The van der Waals surface area contributed by atoms with Crippen molar-refractivity contribution in [1.29, 1.82) is 0 Å². The summed E-state index contributed by atoms with van der Waals surface area (Å²) < 4.78 is 31.9. The van der Waals surface area contributed by atoms with E-state index in [1.54, 1.807) is 20.8 Å². The number of ether oxygens (including phenoxy) is 1. The highest BCUT2D eigenvalue weighted by Gasteiger charge is 2.27. The van der Waals surface area contributed by atoms with Gasteiger partial charge in [-0.05, 0) is 33.3 Å². The van der Waals surface area contributed by atoms with Crippen molar-refractivity contribution in [2.24, 2.45) is 0 Å². The standard InChI is InChI=1S/C14H19Cl2N3O6S/c1-14(2,3)25-13(20)17-7-4-8-18-26(23,24)12-9(15)5-6-10(11(12)16)19(21)22/h5-6,18H,4,7-8H2,1-3H3,(H,17,20). The van der Waals surface area contributed by atoms with Gasteiger partial charge < -0.3 is 10.1 Å². The minimum absolute atomic E-state index is 0.0481. The molecular weight excluding hydrogens is 409 g/mol. The smallest absolute Gasteiger partial charge is 0.407 e. The summed E-state index contributed by atoms with van der Waals surface area (Å²) in [6.45, 7) is 5.26. The maximum absolute atomic E-state index is 12.3.